The van der Waals surface area contributed by atoms with Gasteiger partial charge in [-0.15, -0.1) is 0 Å². The highest BCUT2D eigenvalue weighted by molar-refractivity contribution is 5.67. The number of hydrogen-bond donors (Lipinski definition) is 0. The molecule has 2 nitrogen and oxygen atoms in total. The van der Waals surface area contributed by atoms with Gasteiger partial charge in [-0.05, 0) is 30.5 Å². The molecule has 0 amide bonds. The van der Waals surface area contributed by atoms with Crippen LogP contribution in [-0.4, -0.2) is 9.38 Å². The SMILES string of the molecule is Cc1ccn2c(C(C)C)c(-c3ccccc3)nc2c1. The second kappa shape index (κ2) is 4.54. The van der Waals surface area contributed by atoms with E-state index in [1.165, 1.54) is 16.8 Å². The van der Waals surface area contributed by atoms with Gasteiger partial charge in [0, 0.05) is 11.8 Å². The molecule has 0 unspecified atom stereocenters. The third kappa shape index (κ3) is 2.03. The van der Waals surface area contributed by atoms with Crippen LogP contribution in [0.1, 0.15) is 31.0 Å². The average molecular weight is 250 g/mol. The molecule has 3 aromatic rings. The molecule has 0 saturated heterocycles. The number of nitrogens with zero attached hydrogens (tertiary/aromatic N) is 2. The summed E-state index contributed by atoms with van der Waals surface area (Å²) in [4.78, 5) is 4.83. The number of hydrogen-bond acceptors (Lipinski definition) is 1. The van der Waals surface area contributed by atoms with Crippen molar-refractivity contribution < 1.29 is 0 Å². The number of aromatic nitrogens is 2. The maximum absolute atomic E-state index is 4.83. The lowest BCUT2D eigenvalue weighted by atomic mass is 10.0. The first-order valence-corrected chi connectivity index (χ1v) is 6.71. The van der Waals surface area contributed by atoms with Crippen molar-refractivity contribution in [2.24, 2.45) is 0 Å². The van der Waals surface area contributed by atoms with Crippen molar-refractivity contribution in [3.8, 4) is 11.3 Å². The van der Waals surface area contributed by atoms with Crippen molar-refractivity contribution in [3.05, 3.63) is 59.9 Å². The Morgan fingerprint density at radius 3 is 2.47 bits per heavy atom. The smallest absolute Gasteiger partial charge is 0.137 e. The molecule has 0 bridgehead atoms. The molecule has 19 heavy (non-hydrogen) atoms. The molecule has 0 aliphatic heterocycles. The van der Waals surface area contributed by atoms with Gasteiger partial charge in [0.25, 0.3) is 0 Å². The second-order valence-electron chi connectivity index (χ2n) is 5.30. The van der Waals surface area contributed by atoms with Gasteiger partial charge < -0.3 is 4.40 Å². The number of aryl methyl sites for hydroxylation is 1. The molecular weight excluding hydrogens is 232 g/mol. The summed E-state index contributed by atoms with van der Waals surface area (Å²) < 4.78 is 2.21. The van der Waals surface area contributed by atoms with Crippen LogP contribution in [0.5, 0.6) is 0 Å². The van der Waals surface area contributed by atoms with Gasteiger partial charge in [-0.2, -0.15) is 0 Å². The van der Waals surface area contributed by atoms with Gasteiger partial charge in [0.2, 0.25) is 0 Å². The summed E-state index contributed by atoms with van der Waals surface area (Å²) in [5.74, 6) is 0.438. The monoisotopic (exact) mass is 250 g/mol. The second-order valence-corrected chi connectivity index (χ2v) is 5.30. The molecule has 2 heteroatoms. The van der Waals surface area contributed by atoms with Gasteiger partial charge in [-0.3, -0.25) is 0 Å². The molecule has 0 aliphatic rings. The van der Waals surface area contributed by atoms with Crippen LogP contribution in [-0.2, 0) is 0 Å². The van der Waals surface area contributed by atoms with E-state index in [4.69, 9.17) is 4.98 Å². The fraction of sp³-hybridized carbons (Fsp3) is 0.235. The van der Waals surface area contributed by atoms with Crippen molar-refractivity contribution in [1.29, 1.82) is 0 Å². The van der Waals surface area contributed by atoms with Crippen LogP contribution in [0.4, 0.5) is 0 Å². The lowest BCUT2D eigenvalue weighted by molar-refractivity contribution is 0.811. The van der Waals surface area contributed by atoms with Gasteiger partial charge in [-0.1, -0.05) is 44.2 Å². The Balaban J connectivity index is 2.32. The van der Waals surface area contributed by atoms with Crippen molar-refractivity contribution in [2.75, 3.05) is 0 Å². The van der Waals surface area contributed by atoms with Crippen LogP contribution >= 0.6 is 0 Å². The van der Waals surface area contributed by atoms with E-state index in [1.54, 1.807) is 0 Å². The molecule has 0 atom stereocenters. The zero-order valence-electron chi connectivity index (χ0n) is 11.6. The maximum Gasteiger partial charge on any atom is 0.137 e. The Kier molecular flexibility index (Phi) is 2.86. The molecule has 0 fully saturated rings. The minimum atomic E-state index is 0.438. The van der Waals surface area contributed by atoms with Crippen molar-refractivity contribution >= 4 is 5.65 Å². The predicted octanol–water partition coefficient (Wildman–Crippen LogP) is 4.43. The number of imidazole rings is 1. The molecule has 3 rings (SSSR count). The average Bonchev–Trinajstić information content (AvgIpc) is 2.78. The Bertz CT molecular complexity index is 709. The summed E-state index contributed by atoms with van der Waals surface area (Å²) in [7, 11) is 0. The molecule has 96 valence electrons. The first kappa shape index (κ1) is 12.0. The molecule has 0 N–H and O–H groups in total. The number of benzene rings is 1. The first-order chi connectivity index (χ1) is 9.16. The summed E-state index contributed by atoms with van der Waals surface area (Å²) in [5.41, 5.74) is 5.84. The molecule has 1 aromatic carbocycles. The summed E-state index contributed by atoms with van der Waals surface area (Å²) >= 11 is 0. The highest BCUT2D eigenvalue weighted by Gasteiger charge is 2.16. The zero-order chi connectivity index (χ0) is 13.4. The molecule has 0 radical (unpaired) electrons. The summed E-state index contributed by atoms with van der Waals surface area (Å²) in [6, 6.07) is 14.7. The fourth-order valence-corrected chi connectivity index (χ4v) is 2.53. The van der Waals surface area contributed by atoms with E-state index < -0.39 is 0 Å². The standard InChI is InChI=1S/C17H18N2/c1-12(2)17-16(14-7-5-4-6-8-14)18-15-11-13(3)9-10-19(15)17/h4-12H,1-3H3. The van der Waals surface area contributed by atoms with E-state index in [9.17, 15) is 0 Å². The maximum atomic E-state index is 4.83. The van der Waals surface area contributed by atoms with Crippen LogP contribution in [0.3, 0.4) is 0 Å². The molecule has 2 aromatic heterocycles. The Labute approximate surface area is 113 Å². The summed E-state index contributed by atoms with van der Waals surface area (Å²) in [6.45, 7) is 6.54. The predicted molar refractivity (Wildman–Crippen MR) is 79.5 cm³/mol. The quantitative estimate of drug-likeness (QED) is 0.657. The summed E-state index contributed by atoms with van der Waals surface area (Å²) in [5, 5.41) is 0. The van der Waals surface area contributed by atoms with Crippen LogP contribution in [0, 0.1) is 6.92 Å². The van der Waals surface area contributed by atoms with Crippen molar-refractivity contribution in [1.82, 2.24) is 9.38 Å². The van der Waals surface area contributed by atoms with E-state index in [0.717, 1.165) is 11.3 Å². The zero-order valence-corrected chi connectivity index (χ0v) is 11.6. The van der Waals surface area contributed by atoms with Crippen LogP contribution < -0.4 is 0 Å². The molecule has 0 aliphatic carbocycles. The van der Waals surface area contributed by atoms with Crippen LogP contribution in [0.15, 0.2) is 48.7 Å². The van der Waals surface area contributed by atoms with Gasteiger partial charge in [0.15, 0.2) is 0 Å². The first-order valence-electron chi connectivity index (χ1n) is 6.71. The molecule has 0 spiro atoms. The van der Waals surface area contributed by atoms with E-state index in [-0.39, 0.29) is 0 Å². The van der Waals surface area contributed by atoms with Crippen molar-refractivity contribution in [3.63, 3.8) is 0 Å². The Morgan fingerprint density at radius 1 is 1.05 bits per heavy atom. The largest absolute Gasteiger partial charge is 0.303 e. The Morgan fingerprint density at radius 2 is 1.79 bits per heavy atom. The van der Waals surface area contributed by atoms with E-state index in [2.05, 4.69) is 67.8 Å². The Hall–Kier alpha value is -2.09. The normalized spacial score (nSPS) is 11.4. The van der Waals surface area contributed by atoms with Crippen molar-refractivity contribution in [2.45, 2.75) is 26.7 Å². The molecule has 2 heterocycles. The lowest BCUT2D eigenvalue weighted by Crippen LogP contribution is -1.97. The topological polar surface area (TPSA) is 17.3 Å². The highest BCUT2D eigenvalue weighted by atomic mass is 15.0. The van der Waals surface area contributed by atoms with Crippen LogP contribution in [0.25, 0.3) is 16.9 Å². The summed E-state index contributed by atoms with van der Waals surface area (Å²) in [6.07, 6.45) is 2.12. The minimum Gasteiger partial charge on any atom is -0.303 e. The third-order valence-corrected chi connectivity index (χ3v) is 3.41. The van der Waals surface area contributed by atoms with Gasteiger partial charge in [-0.25, -0.2) is 4.98 Å². The minimum absolute atomic E-state index is 0.438. The lowest BCUT2D eigenvalue weighted by Gasteiger charge is -2.08. The van der Waals surface area contributed by atoms with Gasteiger partial charge in [0.05, 0.1) is 11.4 Å². The number of fused-ring (bicyclic) bond motifs is 1. The van der Waals surface area contributed by atoms with E-state index in [0.29, 0.717) is 5.92 Å². The fourth-order valence-electron chi connectivity index (χ4n) is 2.53. The third-order valence-electron chi connectivity index (χ3n) is 3.41. The highest BCUT2D eigenvalue weighted by Crippen LogP contribution is 2.29. The molecule has 0 saturated carbocycles. The molecular formula is C17H18N2. The van der Waals surface area contributed by atoms with Crippen LogP contribution in [0.2, 0.25) is 0 Å². The number of pyridine rings is 1. The number of rotatable bonds is 2. The van der Waals surface area contributed by atoms with E-state index in [1.807, 2.05) is 6.07 Å². The van der Waals surface area contributed by atoms with E-state index >= 15 is 0 Å². The van der Waals surface area contributed by atoms with Gasteiger partial charge >= 0.3 is 0 Å². The van der Waals surface area contributed by atoms with Gasteiger partial charge in [0.1, 0.15) is 5.65 Å².